The van der Waals surface area contributed by atoms with Crippen LogP contribution in [-0.4, -0.2) is 33.9 Å². The van der Waals surface area contributed by atoms with Crippen molar-refractivity contribution in [2.75, 3.05) is 0 Å². The van der Waals surface area contributed by atoms with Gasteiger partial charge < -0.3 is 20.9 Å². The van der Waals surface area contributed by atoms with Crippen LogP contribution in [0.5, 0.6) is 0 Å². The number of carbonyl (C=O) groups is 1. The maximum Gasteiger partial charge on any atom is 0.268 e. The molecule has 1 amide bonds. The molecule has 1 aromatic heterocycles. The molecular formula is C24H24F2N4O3. The number of nitrogens with zero attached hydrogens (tertiary/aromatic N) is 2. The van der Waals surface area contributed by atoms with Crippen LogP contribution in [0.3, 0.4) is 0 Å². The number of aliphatic hydroxyl groups is 1. The number of hydrogen-bond donors (Lipinski definition) is 3. The number of rotatable bonds is 4. The Morgan fingerprint density at radius 1 is 1.15 bits per heavy atom. The quantitative estimate of drug-likeness (QED) is 0.658. The van der Waals surface area contributed by atoms with Crippen molar-refractivity contribution in [2.45, 2.75) is 50.2 Å². The van der Waals surface area contributed by atoms with Gasteiger partial charge in [0.25, 0.3) is 11.8 Å². The number of fused-ring (bicyclic) bond motifs is 1. The summed E-state index contributed by atoms with van der Waals surface area (Å²) in [6.07, 6.45) is 7.26. The van der Waals surface area contributed by atoms with Crippen LogP contribution in [0.15, 0.2) is 59.0 Å². The van der Waals surface area contributed by atoms with Crippen molar-refractivity contribution in [3.05, 3.63) is 76.8 Å². The highest BCUT2D eigenvalue weighted by Crippen LogP contribution is 2.41. The summed E-state index contributed by atoms with van der Waals surface area (Å²) in [6, 6.07) is 6.54. The van der Waals surface area contributed by atoms with Gasteiger partial charge in [-0.15, -0.1) is 0 Å². The fraction of sp³-hybridized carbons (Fsp3) is 0.375. The first-order valence-electron chi connectivity index (χ1n) is 11.0. The molecule has 2 fully saturated rings. The van der Waals surface area contributed by atoms with Gasteiger partial charge in [0, 0.05) is 23.5 Å². The number of nitrogens with one attached hydrogen (secondary N) is 1. The van der Waals surface area contributed by atoms with E-state index in [1.807, 2.05) is 0 Å². The molecule has 2 aliphatic heterocycles. The minimum Gasteiger partial charge on any atom is -0.370 e. The van der Waals surface area contributed by atoms with Gasteiger partial charge in [-0.25, -0.2) is 13.8 Å². The second-order valence-corrected chi connectivity index (χ2v) is 8.68. The predicted octanol–water partition coefficient (Wildman–Crippen LogP) is 2.64. The van der Waals surface area contributed by atoms with Crippen molar-refractivity contribution in [3.8, 4) is 0 Å². The average molecular weight is 454 g/mol. The Balaban J connectivity index is 1.68. The Morgan fingerprint density at radius 3 is 2.64 bits per heavy atom. The SMILES string of the molecule is NC(=O)C1=C(C2CCC3CCCC3O2)C(c2cccnc2)=NC(O)(c2c(F)cccc2F)N1. The molecule has 3 aliphatic rings. The van der Waals surface area contributed by atoms with Gasteiger partial charge in [-0.2, -0.15) is 0 Å². The Bertz CT molecular complexity index is 1130. The Labute approximate surface area is 189 Å². The third-order valence-corrected chi connectivity index (χ3v) is 6.64. The van der Waals surface area contributed by atoms with Gasteiger partial charge in [0.15, 0.2) is 0 Å². The van der Waals surface area contributed by atoms with Crippen molar-refractivity contribution in [1.82, 2.24) is 10.3 Å². The van der Waals surface area contributed by atoms with E-state index in [9.17, 15) is 18.7 Å². The summed E-state index contributed by atoms with van der Waals surface area (Å²) >= 11 is 0. The maximum absolute atomic E-state index is 14.7. The number of carbonyl (C=O) groups excluding carboxylic acids is 1. The number of ether oxygens (including phenoxy) is 1. The monoisotopic (exact) mass is 454 g/mol. The summed E-state index contributed by atoms with van der Waals surface area (Å²) in [5.41, 5.74) is 5.76. The topological polar surface area (TPSA) is 110 Å². The molecule has 33 heavy (non-hydrogen) atoms. The van der Waals surface area contributed by atoms with Crippen molar-refractivity contribution in [3.63, 3.8) is 0 Å². The number of amides is 1. The molecule has 2 aromatic rings. The predicted molar refractivity (Wildman–Crippen MR) is 116 cm³/mol. The van der Waals surface area contributed by atoms with Crippen LogP contribution in [0.4, 0.5) is 8.78 Å². The Kier molecular flexibility index (Phi) is 5.46. The summed E-state index contributed by atoms with van der Waals surface area (Å²) in [7, 11) is 0. The molecule has 4 N–H and O–H groups in total. The summed E-state index contributed by atoms with van der Waals surface area (Å²) in [4.78, 5) is 21.0. The standard InChI is InChI=1S/C24H24F2N4O3/c25-15-6-2-7-16(26)20(15)24(32)29-21(14-5-3-11-28-12-14)19(22(30-24)23(27)31)18-10-9-13-4-1-8-17(13)33-18/h2-3,5-7,11-13,17-18,30,32H,1,4,8-10H2,(H2,27,31). The number of halogens is 2. The summed E-state index contributed by atoms with van der Waals surface area (Å²) in [5, 5.41) is 13.9. The van der Waals surface area contributed by atoms with E-state index in [0.717, 1.165) is 37.8 Å². The van der Waals surface area contributed by atoms with Crippen LogP contribution >= 0.6 is 0 Å². The molecule has 3 heterocycles. The van der Waals surface area contributed by atoms with Gasteiger partial charge in [-0.1, -0.05) is 12.5 Å². The van der Waals surface area contributed by atoms with E-state index < -0.39 is 35.1 Å². The van der Waals surface area contributed by atoms with Crippen molar-refractivity contribution < 1.29 is 23.4 Å². The number of benzene rings is 1. The van der Waals surface area contributed by atoms with Gasteiger partial charge in [0.1, 0.15) is 17.3 Å². The molecular weight excluding hydrogens is 430 g/mol. The second kappa shape index (κ2) is 8.31. The van der Waals surface area contributed by atoms with E-state index in [4.69, 9.17) is 10.5 Å². The molecule has 172 valence electrons. The van der Waals surface area contributed by atoms with Crippen LogP contribution < -0.4 is 11.1 Å². The third-order valence-electron chi connectivity index (χ3n) is 6.64. The third kappa shape index (κ3) is 3.81. The van der Waals surface area contributed by atoms with Gasteiger partial charge >= 0.3 is 0 Å². The molecule has 5 rings (SSSR count). The number of nitrogens with two attached hydrogens (primary N) is 1. The fourth-order valence-electron chi connectivity index (χ4n) is 5.16. The van der Waals surface area contributed by atoms with Crippen LogP contribution in [-0.2, 0) is 15.4 Å². The molecule has 7 nitrogen and oxygen atoms in total. The number of hydrogen-bond acceptors (Lipinski definition) is 6. The van der Waals surface area contributed by atoms with Gasteiger partial charge in [-0.05, 0) is 55.9 Å². The summed E-state index contributed by atoms with van der Waals surface area (Å²) in [5.74, 6) is -5.06. The van der Waals surface area contributed by atoms with E-state index in [0.29, 0.717) is 23.5 Å². The average Bonchev–Trinajstić information content (AvgIpc) is 3.27. The fourth-order valence-corrected chi connectivity index (χ4v) is 5.16. The first-order valence-corrected chi connectivity index (χ1v) is 11.0. The second-order valence-electron chi connectivity index (χ2n) is 8.68. The van der Waals surface area contributed by atoms with Crippen LogP contribution in [0.25, 0.3) is 0 Å². The molecule has 9 heteroatoms. The normalized spacial score (nSPS) is 29.3. The molecule has 4 unspecified atom stereocenters. The van der Waals surface area contributed by atoms with Gasteiger partial charge in [0.2, 0.25) is 0 Å². The van der Waals surface area contributed by atoms with Crippen LogP contribution in [0.2, 0.25) is 0 Å². The van der Waals surface area contributed by atoms with E-state index in [2.05, 4.69) is 15.3 Å². The van der Waals surface area contributed by atoms with Crippen molar-refractivity contribution in [2.24, 2.45) is 16.6 Å². The lowest BCUT2D eigenvalue weighted by molar-refractivity contribution is -0.116. The number of primary amides is 1. The Morgan fingerprint density at radius 2 is 1.94 bits per heavy atom. The minimum absolute atomic E-state index is 0.0605. The van der Waals surface area contributed by atoms with E-state index in [-0.39, 0.29) is 17.5 Å². The van der Waals surface area contributed by atoms with Crippen LogP contribution in [0, 0.1) is 17.6 Å². The van der Waals surface area contributed by atoms with E-state index >= 15 is 0 Å². The first-order chi connectivity index (χ1) is 15.9. The molecule has 1 aliphatic carbocycles. The highest BCUT2D eigenvalue weighted by Gasteiger charge is 2.45. The minimum atomic E-state index is -2.60. The lowest BCUT2D eigenvalue weighted by Crippen LogP contribution is -2.51. The zero-order chi connectivity index (χ0) is 23.2. The maximum atomic E-state index is 14.7. The Hall–Kier alpha value is -3.17. The van der Waals surface area contributed by atoms with E-state index in [1.54, 1.807) is 18.3 Å². The van der Waals surface area contributed by atoms with Gasteiger partial charge in [0.05, 0.1) is 23.5 Å². The summed E-state index contributed by atoms with van der Waals surface area (Å²) < 4.78 is 35.7. The number of aromatic nitrogens is 1. The first kappa shape index (κ1) is 21.7. The lowest BCUT2D eigenvalue weighted by atomic mass is 9.86. The smallest absolute Gasteiger partial charge is 0.268 e. The molecule has 1 saturated carbocycles. The summed E-state index contributed by atoms with van der Waals surface area (Å²) in [6.45, 7) is 0. The van der Waals surface area contributed by atoms with Crippen molar-refractivity contribution >= 4 is 11.6 Å². The molecule has 1 saturated heterocycles. The zero-order valence-corrected chi connectivity index (χ0v) is 17.8. The highest BCUT2D eigenvalue weighted by atomic mass is 19.1. The largest absolute Gasteiger partial charge is 0.370 e. The van der Waals surface area contributed by atoms with Crippen molar-refractivity contribution in [1.29, 1.82) is 0 Å². The molecule has 0 radical (unpaired) electrons. The number of pyridine rings is 1. The van der Waals surface area contributed by atoms with Crippen LogP contribution in [0.1, 0.15) is 43.2 Å². The highest BCUT2D eigenvalue weighted by molar-refractivity contribution is 6.17. The molecule has 4 atom stereocenters. The van der Waals surface area contributed by atoms with Gasteiger partial charge in [-0.3, -0.25) is 9.78 Å². The lowest BCUT2D eigenvalue weighted by Gasteiger charge is -2.39. The zero-order valence-electron chi connectivity index (χ0n) is 17.8. The molecule has 0 bridgehead atoms. The number of aliphatic imine (C=N–C) groups is 1. The van der Waals surface area contributed by atoms with E-state index in [1.165, 1.54) is 12.3 Å². The molecule has 0 spiro atoms. The molecule has 1 aromatic carbocycles.